The summed E-state index contributed by atoms with van der Waals surface area (Å²) in [6.45, 7) is 3.73. The fourth-order valence-electron chi connectivity index (χ4n) is 3.50. The Balaban J connectivity index is 1.40. The summed E-state index contributed by atoms with van der Waals surface area (Å²) in [5, 5.41) is 12.7. The monoisotopic (exact) mass is 450 g/mol. The molecule has 164 valence electrons. The van der Waals surface area contributed by atoms with Crippen LogP contribution < -0.4 is 10.2 Å². The van der Waals surface area contributed by atoms with Gasteiger partial charge in [0.05, 0.1) is 10.4 Å². The minimum Gasteiger partial charge on any atom is -0.478 e. The van der Waals surface area contributed by atoms with Crippen LogP contribution in [0.1, 0.15) is 36.7 Å². The predicted octanol–water partition coefficient (Wildman–Crippen LogP) is 3.52. The number of anilines is 1. The minimum atomic E-state index is -0.978. The van der Waals surface area contributed by atoms with E-state index in [4.69, 9.17) is 5.11 Å². The number of nitrogens with one attached hydrogen (secondary N) is 1. The molecule has 2 N–H and O–H groups in total. The summed E-state index contributed by atoms with van der Waals surface area (Å²) in [5.41, 5.74) is 2.82. The maximum atomic E-state index is 12.9. The first-order valence-corrected chi connectivity index (χ1v) is 10.9. The number of thiophene rings is 1. The van der Waals surface area contributed by atoms with Crippen LogP contribution in [0.15, 0.2) is 54.9 Å². The summed E-state index contributed by atoms with van der Waals surface area (Å²) in [6, 6.07) is 12.0. The van der Waals surface area contributed by atoms with Crippen molar-refractivity contribution in [3.05, 3.63) is 82.0 Å². The molecule has 1 aliphatic rings. The van der Waals surface area contributed by atoms with Gasteiger partial charge in [-0.1, -0.05) is 18.2 Å². The lowest BCUT2D eigenvalue weighted by Crippen LogP contribution is -2.31. The molecule has 0 radical (unpaired) electrons. The highest BCUT2D eigenvalue weighted by molar-refractivity contribution is 7.18. The van der Waals surface area contributed by atoms with Gasteiger partial charge >= 0.3 is 12.0 Å². The SMILES string of the molecule is Cc1cc(N2CCN(Cc3ccc(C(=O)O)cc3)C2=O)sc1C(=O)NCc1cccnc1. The molecule has 1 saturated heterocycles. The Bertz CT molecular complexity index is 1140. The number of aromatic nitrogens is 1. The van der Waals surface area contributed by atoms with Crippen LogP contribution in [-0.2, 0) is 13.1 Å². The van der Waals surface area contributed by atoms with Crippen LogP contribution in [0.4, 0.5) is 9.80 Å². The lowest BCUT2D eigenvalue weighted by Gasteiger charge is -2.17. The number of nitrogens with zero attached hydrogens (tertiary/aromatic N) is 3. The number of carboxylic acids is 1. The highest BCUT2D eigenvalue weighted by Crippen LogP contribution is 2.32. The Morgan fingerprint density at radius 3 is 2.62 bits per heavy atom. The summed E-state index contributed by atoms with van der Waals surface area (Å²) in [6.07, 6.45) is 3.39. The molecular weight excluding hydrogens is 428 g/mol. The first kappa shape index (κ1) is 21.5. The quantitative estimate of drug-likeness (QED) is 0.573. The molecule has 1 aliphatic heterocycles. The number of hydrogen-bond acceptors (Lipinski definition) is 5. The first-order valence-electron chi connectivity index (χ1n) is 10.1. The first-order chi connectivity index (χ1) is 15.4. The van der Waals surface area contributed by atoms with Crippen molar-refractivity contribution in [3.63, 3.8) is 0 Å². The van der Waals surface area contributed by atoms with E-state index in [0.29, 0.717) is 31.1 Å². The number of aryl methyl sites for hydroxylation is 1. The molecule has 0 unspecified atom stereocenters. The number of urea groups is 1. The van der Waals surface area contributed by atoms with Crippen LogP contribution in [0.2, 0.25) is 0 Å². The lowest BCUT2D eigenvalue weighted by atomic mass is 10.1. The summed E-state index contributed by atoms with van der Waals surface area (Å²) < 4.78 is 0. The molecule has 0 bridgehead atoms. The number of pyridine rings is 1. The van der Waals surface area contributed by atoms with Gasteiger partial charge in [-0.25, -0.2) is 9.59 Å². The van der Waals surface area contributed by atoms with E-state index in [1.54, 1.807) is 34.3 Å². The molecule has 4 rings (SSSR count). The summed E-state index contributed by atoms with van der Waals surface area (Å²) in [7, 11) is 0. The van der Waals surface area contributed by atoms with Crippen molar-refractivity contribution in [2.45, 2.75) is 20.0 Å². The molecule has 3 aromatic rings. The van der Waals surface area contributed by atoms with Crippen LogP contribution in [0, 0.1) is 6.92 Å². The zero-order valence-corrected chi connectivity index (χ0v) is 18.3. The van der Waals surface area contributed by atoms with Gasteiger partial charge < -0.3 is 15.3 Å². The average Bonchev–Trinajstić information content (AvgIpc) is 3.35. The topological polar surface area (TPSA) is 103 Å². The summed E-state index contributed by atoms with van der Waals surface area (Å²) in [5.74, 6) is -1.15. The van der Waals surface area contributed by atoms with Crippen molar-refractivity contribution >= 4 is 34.2 Å². The third-order valence-electron chi connectivity index (χ3n) is 5.22. The maximum Gasteiger partial charge on any atom is 0.335 e. The number of amides is 3. The second kappa shape index (κ2) is 9.19. The van der Waals surface area contributed by atoms with Crippen LogP contribution in [0.5, 0.6) is 0 Å². The predicted molar refractivity (Wildman–Crippen MR) is 121 cm³/mol. The van der Waals surface area contributed by atoms with Gasteiger partial charge in [0.25, 0.3) is 5.91 Å². The molecule has 3 heterocycles. The van der Waals surface area contributed by atoms with E-state index in [2.05, 4.69) is 10.3 Å². The molecule has 3 amide bonds. The molecule has 32 heavy (non-hydrogen) atoms. The fraction of sp³-hybridized carbons (Fsp3) is 0.217. The molecule has 1 aromatic carbocycles. The number of rotatable bonds is 7. The molecule has 0 aliphatic carbocycles. The number of carbonyl (C=O) groups excluding carboxylic acids is 2. The second-order valence-electron chi connectivity index (χ2n) is 7.50. The van der Waals surface area contributed by atoms with Gasteiger partial charge in [0.15, 0.2) is 0 Å². The van der Waals surface area contributed by atoms with Crippen molar-refractivity contribution in [1.29, 1.82) is 0 Å². The molecule has 8 nitrogen and oxygen atoms in total. The zero-order valence-electron chi connectivity index (χ0n) is 17.4. The Kier molecular flexibility index (Phi) is 6.18. The standard InChI is InChI=1S/C23H22N4O4S/c1-15-11-19(32-20(15)21(28)25-13-17-3-2-8-24-12-17)27-10-9-26(23(27)31)14-16-4-6-18(7-5-16)22(29)30/h2-8,11-12H,9-10,13-14H2,1H3,(H,25,28)(H,29,30). The Morgan fingerprint density at radius 2 is 1.94 bits per heavy atom. The van der Waals surface area contributed by atoms with Crippen molar-refractivity contribution < 1.29 is 19.5 Å². The summed E-state index contributed by atoms with van der Waals surface area (Å²) >= 11 is 1.30. The minimum absolute atomic E-state index is 0.129. The normalized spacial score (nSPS) is 13.5. The molecule has 9 heteroatoms. The molecule has 2 aromatic heterocycles. The second-order valence-corrected chi connectivity index (χ2v) is 8.53. The van der Waals surface area contributed by atoms with E-state index < -0.39 is 5.97 Å². The van der Waals surface area contributed by atoms with Crippen LogP contribution in [-0.4, -0.2) is 46.0 Å². The average molecular weight is 451 g/mol. The Hall–Kier alpha value is -3.72. The lowest BCUT2D eigenvalue weighted by molar-refractivity contribution is 0.0696. The van der Waals surface area contributed by atoms with Gasteiger partial charge in [-0.05, 0) is 47.9 Å². The van der Waals surface area contributed by atoms with Crippen molar-refractivity contribution in [2.75, 3.05) is 18.0 Å². The van der Waals surface area contributed by atoms with Crippen LogP contribution in [0.3, 0.4) is 0 Å². The highest BCUT2D eigenvalue weighted by Gasteiger charge is 2.31. The fourth-order valence-corrected chi connectivity index (χ4v) is 4.61. The van der Waals surface area contributed by atoms with E-state index in [0.717, 1.165) is 21.7 Å². The van der Waals surface area contributed by atoms with Gasteiger partial charge in [0.2, 0.25) is 0 Å². The van der Waals surface area contributed by atoms with E-state index >= 15 is 0 Å². The maximum absolute atomic E-state index is 12.9. The van der Waals surface area contributed by atoms with Crippen LogP contribution >= 0.6 is 11.3 Å². The number of benzene rings is 1. The largest absolute Gasteiger partial charge is 0.478 e. The van der Waals surface area contributed by atoms with Crippen molar-refractivity contribution in [3.8, 4) is 0 Å². The van der Waals surface area contributed by atoms with E-state index in [9.17, 15) is 14.4 Å². The highest BCUT2D eigenvalue weighted by atomic mass is 32.1. The molecule has 0 atom stereocenters. The summed E-state index contributed by atoms with van der Waals surface area (Å²) in [4.78, 5) is 44.6. The number of hydrogen-bond donors (Lipinski definition) is 2. The van der Waals surface area contributed by atoms with Gasteiger partial charge in [0.1, 0.15) is 5.00 Å². The van der Waals surface area contributed by atoms with Gasteiger partial charge in [-0.2, -0.15) is 0 Å². The van der Waals surface area contributed by atoms with E-state index in [-0.39, 0.29) is 17.5 Å². The van der Waals surface area contributed by atoms with Crippen molar-refractivity contribution in [2.24, 2.45) is 0 Å². The number of carbonyl (C=O) groups is 3. The van der Waals surface area contributed by atoms with Crippen LogP contribution in [0.25, 0.3) is 0 Å². The van der Waals surface area contributed by atoms with Gasteiger partial charge in [0, 0.05) is 38.6 Å². The molecule has 0 spiro atoms. The van der Waals surface area contributed by atoms with E-state index in [1.807, 2.05) is 25.1 Å². The van der Waals surface area contributed by atoms with Gasteiger partial charge in [-0.15, -0.1) is 11.3 Å². The third kappa shape index (κ3) is 4.62. The molecule has 1 fully saturated rings. The number of carboxylic acid groups (broad SMARTS) is 1. The Labute approximate surface area is 189 Å². The van der Waals surface area contributed by atoms with Crippen molar-refractivity contribution in [1.82, 2.24) is 15.2 Å². The van der Waals surface area contributed by atoms with Gasteiger partial charge in [-0.3, -0.25) is 14.7 Å². The molecule has 0 saturated carbocycles. The smallest absolute Gasteiger partial charge is 0.335 e. The Morgan fingerprint density at radius 1 is 1.16 bits per heavy atom. The third-order valence-corrected chi connectivity index (χ3v) is 6.48. The van der Waals surface area contributed by atoms with E-state index in [1.165, 1.54) is 23.5 Å². The zero-order chi connectivity index (χ0) is 22.7. The number of aromatic carboxylic acids is 1. The molecular formula is C23H22N4O4S.